The van der Waals surface area contributed by atoms with Gasteiger partial charge in [0.15, 0.2) is 0 Å². The van der Waals surface area contributed by atoms with Gasteiger partial charge in [-0.05, 0) is 60.6 Å². The number of carboxylic acids is 1. The topological polar surface area (TPSA) is 113 Å². The number of amides is 1. The van der Waals surface area contributed by atoms with Gasteiger partial charge in [0.2, 0.25) is 5.91 Å². The minimum atomic E-state index is -0.949. The van der Waals surface area contributed by atoms with Crippen molar-refractivity contribution in [3.05, 3.63) is 59.9 Å². The highest BCUT2D eigenvalue weighted by Crippen LogP contribution is 2.56. The third-order valence-electron chi connectivity index (χ3n) is 8.15. The first-order valence-electron chi connectivity index (χ1n) is 11.7. The zero-order chi connectivity index (χ0) is 25.1. The summed E-state index contributed by atoms with van der Waals surface area (Å²) in [5.74, 6) is -2.28. The first-order valence-corrected chi connectivity index (χ1v) is 11.7. The molecule has 0 aliphatic heterocycles. The molecule has 0 heterocycles. The summed E-state index contributed by atoms with van der Waals surface area (Å²) in [5, 5.41) is 22.5. The Morgan fingerprint density at radius 2 is 1.85 bits per heavy atom. The summed E-state index contributed by atoms with van der Waals surface area (Å²) in [7, 11) is 1.29. The Balaban J connectivity index is 1.87. The average Bonchev–Trinajstić information content (AvgIpc) is 3.05. The van der Waals surface area contributed by atoms with Gasteiger partial charge >= 0.3 is 11.9 Å². The van der Waals surface area contributed by atoms with Gasteiger partial charge < -0.3 is 20.3 Å². The predicted molar refractivity (Wildman–Crippen MR) is 128 cm³/mol. The van der Waals surface area contributed by atoms with Crippen molar-refractivity contribution < 1.29 is 29.3 Å². The molecule has 1 aromatic rings. The number of rotatable bonds is 8. The second kappa shape index (κ2) is 9.65. The fourth-order valence-electron chi connectivity index (χ4n) is 5.46. The van der Waals surface area contributed by atoms with E-state index >= 15 is 0 Å². The van der Waals surface area contributed by atoms with Crippen LogP contribution in [0.25, 0.3) is 0 Å². The van der Waals surface area contributed by atoms with Gasteiger partial charge in [-0.1, -0.05) is 57.2 Å². The molecular weight excluding hydrogens is 434 g/mol. The van der Waals surface area contributed by atoms with E-state index in [2.05, 4.69) is 5.32 Å². The Hall–Kier alpha value is -3.09. The summed E-state index contributed by atoms with van der Waals surface area (Å²) < 4.78 is 5.04. The molecule has 184 valence electrons. The van der Waals surface area contributed by atoms with Crippen LogP contribution in [0.3, 0.4) is 0 Å². The number of ether oxygens (including phenoxy) is 1. The van der Waals surface area contributed by atoms with Gasteiger partial charge in [0, 0.05) is 0 Å². The number of carboxylic acid groups (broad SMARTS) is 1. The molecule has 7 heteroatoms. The highest BCUT2D eigenvalue weighted by molar-refractivity contribution is 5.89. The van der Waals surface area contributed by atoms with E-state index in [1.165, 1.54) is 7.11 Å². The van der Waals surface area contributed by atoms with Gasteiger partial charge in [-0.25, -0.2) is 4.79 Å². The van der Waals surface area contributed by atoms with Crippen molar-refractivity contribution in [2.75, 3.05) is 7.11 Å². The molecule has 0 spiro atoms. The molecule has 7 nitrogen and oxygen atoms in total. The first kappa shape index (κ1) is 25.5. The zero-order valence-electron chi connectivity index (χ0n) is 20.3. The largest absolute Gasteiger partial charge is 0.508 e. The lowest BCUT2D eigenvalue weighted by Gasteiger charge is -2.41. The van der Waals surface area contributed by atoms with Gasteiger partial charge in [-0.3, -0.25) is 9.59 Å². The third-order valence-corrected chi connectivity index (χ3v) is 8.15. The van der Waals surface area contributed by atoms with Crippen molar-refractivity contribution in [1.82, 2.24) is 5.32 Å². The van der Waals surface area contributed by atoms with Crippen LogP contribution in [0.2, 0.25) is 0 Å². The third kappa shape index (κ3) is 4.88. The Morgan fingerprint density at radius 3 is 2.38 bits per heavy atom. The molecule has 0 aromatic heterocycles. The second-order valence-corrected chi connectivity index (χ2v) is 10.4. The van der Waals surface area contributed by atoms with E-state index in [0.717, 1.165) is 5.56 Å². The molecule has 3 N–H and O–H groups in total. The molecule has 0 radical (unpaired) electrons. The number of aliphatic hydroxyl groups is 1. The van der Waals surface area contributed by atoms with Crippen LogP contribution in [0.4, 0.5) is 0 Å². The standard InChI is InChI=1S/C27H35NO6/c1-25(2)20(22(30)31)12-13-26(25,3)24(33)28-21(23(32)34-4)17-27(14-10-19(29)11-15-27)16-18-8-6-5-7-9-18/h5-11,14,20-21,29H,12-13,15-17H2,1-4H3,(H,28,33)(H,30,31)/t20?,21-,26?,27-/m0/s1. The van der Waals surface area contributed by atoms with E-state index < -0.39 is 40.1 Å². The number of aliphatic carboxylic acids is 1. The minimum absolute atomic E-state index is 0.169. The van der Waals surface area contributed by atoms with Crippen LogP contribution in [-0.4, -0.2) is 41.2 Å². The van der Waals surface area contributed by atoms with E-state index in [4.69, 9.17) is 4.74 Å². The van der Waals surface area contributed by atoms with E-state index in [1.807, 2.05) is 36.4 Å². The molecule has 34 heavy (non-hydrogen) atoms. The number of carbonyl (C=O) groups is 3. The lowest BCUT2D eigenvalue weighted by atomic mass is 9.65. The Kier molecular flexibility index (Phi) is 7.24. The van der Waals surface area contributed by atoms with Crippen LogP contribution in [0.15, 0.2) is 54.3 Å². The maximum absolute atomic E-state index is 13.6. The lowest BCUT2D eigenvalue weighted by molar-refractivity contribution is -0.152. The summed E-state index contributed by atoms with van der Waals surface area (Å²) in [5.41, 5.74) is -1.18. The molecule has 3 rings (SSSR count). The number of benzene rings is 1. The summed E-state index contributed by atoms with van der Waals surface area (Å²) in [6.07, 6.45) is 7.46. The number of nitrogens with one attached hydrogen (secondary N) is 1. The van der Waals surface area contributed by atoms with E-state index in [1.54, 1.807) is 32.9 Å². The Labute approximate surface area is 200 Å². The SMILES string of the molecule is COC(=O)[C@H](C[C@@]1(Cc2ccccc2)C=CC(O)=CC1)NC(=O)C1(C)CCC(C(=O)O)C1(C)C. The quantitative estimate of drug-likeness (QED) is 0.492. The number of methoxy groups -OCH3 is 1. The molecule has 2 aliphatic carbocycles. The molecule has 2 aliphatic rings. The fraction of sp³-hybridized carbons (Fsp3) is 0.519. The summed E-state index contributed by atoms with van der Waals surface area (Å²) in [4.78, 5) is 38.1. The highest BCUT2D eigenvalue weighted by Gasteiger charge is 2.58. The number of hydrogen-bond acceptors (Lipinski definition) is 5. The molecule has 1 amide bonds. The van der Waals surface area contributed by atoms with Crippen LogP contribution in [-0.2, 0) is 25.5 Å². The maximum atomic E-state index is 13.6. The molecule has 0 saturated heterocycles. The van der Waals surface area contributed by atoms with Crippen LogP contribution >= 0.6 is 0 Å². The van der Waals surface area contributed by atoms with Crippen LogP contribution in [0.1, 0.15) is 52.0 Å². The maximum Gasteiger partial charge on any atom is 0.328 e. The molecule has 4 atom stereocenters. The van der Waals surface area contributed by atoms with E-state index in [0.29, 0.717) is 25.7 Å². The Bertz CT molecular complexity index is 998. The number of esters is 1. The van der Waals surface area contributed by atoms with Crippen LogP contribution < -0.4 is 5.32 Å². The van der Waals surface area contributed by atoms with Crippen LogP contribution in [0, 0.1) is 22.2 Å². The number of hydrogen-bond donors (Lipinski definition) is 3. The van der Waals surface area contributed by atoms with Gasteiger partial charge in [-0.15, -0.1) is 0 Å². The summed E-state index contributed by atoms with van der Waals surface area (Å²) in [6.45, 7) is 5.39. The molecule has 1 saturated carbocycles. The van der Waals surface area contributed by atoms with E-state index in [9.17, 15) is 24.6 Å². The monoisotopic (exact) mass is 469 g/mol. The van der Waals surface area contributed by atoms with Crippen LogP contribution in [0.5, 0.6) is 0 Å². The van der Waals surface area contributed by atoms with Crippen molar-refractivity contribution in [1.29, 1.82) is 0 Å². The van der Waals surface area contributed by atoms with Crippen molar-refractivity contribution >= 4 is 17.8 Å². The molecule has 2 unspecified atom stereocenters. The second-order valence-electron chi connectivity index (χ2n) is 10.4. The van der Waals surface area contributed by atoms with Gasteiger partial charge in [0.05, 0.1) is 18.4 Å². The van der Waals surface area contributed by atoms with Crippen molar-refractivity contribution in [2.24, 2.45) is 22.2 Å². The fourth-order valence-corrected chi connectivity index (χ4v) is 5.46. The van der Waals surface area contributed by atoms with Crippen molar-refractivity contribution in [3.8, 4) is 0 Å². The predicted octanol–water partition coefficient (Wildman–Crippen LogP) is 4.19. The molecule has 1 aromatic carbocycles. The first-order chi connectivity index (χ1) is 15.9. The summed E-state index contributed by atoms with van der Waals surface area (Å²) in [6, 6.07) is 8.93. The lowest BCUT2D eigenvalue weighted by Crippen LogP contribution is -2.54. The molecule has 1 fully saturated rings. The number of allylic oxidation sites excluding steroid dienone is 3. The van der Waals surface area contributed by atoms with E-state index in [-0.39, 0.29) is 18.1 Å². The normalized spacial score (nSPS) is 28.6. The zero-order valence-corrected chi connectivity index (χ0v) is 20.3. The molecule has 0 bridgehead atoms. The minimum Gasteiger partial charge on any atom is -0.508 e. The van der Waals surface area contributed by atoms with Crippen molar-refractivity contribution in [3.63, 3.8) is 0 Å². The smallest absolute Gasteiger partial charge is 0.328 e. The van der Waals surface area contributed by atoms with Gasteiger partial charge in [0.25, 0.3) is 0 Å². The van der Waals surface area contributed by atoms with Crippen molar-refractivity contribution in [2.45, 2.75) is 58.9 Å². The number of aliphatic hydroxyl groups excluding tert-OH is 1. The average molecular weight is 470 g/mol. The Morgan fingerprint density at radius 1 is 1.18 bits per heavy atom. The highest BCUT2D eigenvalue weighted by atomic mass is 16.5. The summed E-state index contributed by atoms with van der Waals surface area (Å²) >= 11 is 0. The van der Waals surface area contributed by atoms with Gasteiger partial charge in [-0.2, -0.15) is 0 Å². The van der Waals surface area contributed by atoms with Gasteiger partial charge in [0.1, 0.15) is 11.8 Å². The number of carbonyl (C=O) groups excluding carboxylic acids is 2. The molecular formula is C27H35NO6.